The Morgan fingerprint density at radius 3 is 1.83 bits per heavy atom. The summed E-state index contributed by atoms with van der Waals surface area (Å²) < 4.78 is 12.9. The molecule has 4 rings (SSSR count). The topological polar surface area (TPSA) is 151 Å². The van der Waals surface area contributed by atoms with Crippen molar-refractivity contribution >= 4 is 34.8 Å². The van der Waals surface area contributed by atoms with Crippen molar-refractivity contribution in [2.24, 2.45) is 11.8 Å². The highest BCUT2D eigenvalue weighted by Crippen LogP contribution is 2.37. The van der Waals surface area contributed by atoms with Crippen LogP contribution in [-0.2, 0) is 0 Å². The number of carboxylic acids is 2. The molecule has 2 atom stereocenters. The average Bonchev–Trinajstić information content (AvgIpc) is 3.13. The van der Waals surface area contributed by atoms with Gasteiger partial charge in [-0.3, -0.25) is 0 Å². The fraction of sp³-hybridized carbons (Fsp3) is 0.450. The van der Waals surface area contributed by atoms with Crippen LogP contribution in [-0.4, -0.2) is 68.6 Å². The average molecular weight is 713 g/mol. The molecule has 2 aromatic heterocycles. The van der Waals surface area contributed by atoms with Gasteiger partial charge in [0, 0.05) is 36.6 Å². The standard InChI is InChI=1S/C40H52N6O6/c1-9-45(31-21-41-38(40(49)50)42-22-31)29-13-15-32(26(5)6)35(19-29)52-24-27(7)11-12-28(8)33-16-14-30(20-36(33)51-23-25(3)4)46(10-2)37-18-17-34(39(47)48)43-44-37/h13-22,25-28H,9-12,23-24H2,1-8H3,(H,47,48)(H,49,50). The minimum atomic E-state index is -1.16. The van der Waals surface area contributed by atoms with Crippen molar-refractivity contribution < 1.29 is 29.3 Å². The summed E-state index contributed by atoms with van der Waals surface area (Å²) in [6.07, 6.45) is 4.95. The van der Waals surface area contributed by atoms with E-state index in [0.29, 0.717) is 43.7 Å². The number of aromatic carboxylic acids is 2. The Labute approximate surface area is 306 Å². The van der Waals surface area contributed by atoms with Crippen LogP contribution in [0.25, 0.3) is 0 Å². The van der Waals surface area contributed by atoms with Crippen LogP contribution in [0.4, 0.5) is 22.9 Å². The molecule has 0 aliphatic rings. The number of carboxylic acid groups (broad SMARTS) is 2. The van der Waals surface area contributed by atoms with E-state index >= 15 is 0 Å². The van der Waals surface area contributed by atoms with Crippen molar-refractivity contribution in [3.63, 3.8) is 0 Å². The molecule has 52 heavy (non-hydrogen) atoms. The predicted octanol–water partition coefficient (Wildman–Crippen LogP) is 8.74. The van der Waals surface area contributed by atoms with Gasteiger partial charge in [-0.2, -0.15) is 0 Å². The Balaban J connectivity index is 1.46. The fourth-order valence-electron chi connectivity index (χ4n) is 5.92. The Morgan fingerprint density at radius 1 is 0.692 bits per heavy atom. The molecule has 0 fully saturated rings. The number of ether oxygens (including phenoxy) is 2. The Morgan fingerprint density at radius 2 is 1.29 bits per heavy atom. The highest BCUT2D eigenvalue weighted by molar-refractivity contribution is 5.85. The lowest BCUT2D eigenvalue weighted by Crippen LogP contribution is -2.19. The minimum Gasteiger partial charge on any atom is -0.493 e. The van der Waals surface area contributed by atoms with Crippen LogP contribution in [0.2, 0.25) is 0 Å². The molecule has 12 nitrogen and oxygen atoms in total. The number of aromatic nitrogens is 4. The summed E-state index contributed by atoms with van der Waals surface area (Å²) in [5.41, 5.74) is 4.67. The summed E-state index contributed by atoms with van der Waals surface area (Å²) in [5.74, 6) is 0.843. The summed E-state index contributed by atoms with van der Waals surface area (Å²) in [6, 6.07) is 15.6. The zero-order valence-electron chi connectivity index (χ0n) is 31.5. The second-order valence-electron chi connectivity index (χ2n) is 13.8. The first-order valence-corrected chi connectivity index (χ1v) is 18.0. The van der Waals surface area contributed by atoms with E-state index in [1.807, 2.05) is 41.8 Å². The molecule has 0 amide bonds. The first-order chi connectivity index (χ1) is 24.8. The van der Waals surface area contributed by atoms with Gasteiger partial charge in [0.15, 0.2) is 11.5 Å². The number of benzene rings is 2. The summed E-state index contributed by atoms with van der Waals surface area (Å²) in [6.45, 7) is 19.4. The van der Waals surface area contributed by atoms with Crippen molar-refractivity contribution in [2.75, 3.05) is 36.1 Å². The highest BCUT2D eigenvalue weighted by atomic mass is 16.5. The van der Waals surface area contributed by atoms with Gasteiger partial charge in [0.1, 0.15) is 11.5 Å². The monoisotopic (exact) mass is 712 g/mol. The van der Waals surface area contributed by atoms with E-state index in [0.717, 1.165) is 46.8 Å². The van der Waals surface area contributed by atoms with E-state index in [-0.39, 0.29) is 29.3 Å². The Kier molecular flexibility index (Phi) is 13.9. The van der Waals surface area contributed by atoms with Crippen molar-refractivity contribution in [2.45, 2.75) is 80.1 Å². The maximum absolute atomic E-state index is 11.3. The number of hydrogen-bond donors (Lipinski definition) is 2. The molecule has 2 heterocycles. The van der Waals surface area contributed by atoms with Crippen molar-refractivity contribution in [1.29, 1.82) is 0 Å². The van der Waals surface area contributed by atoms with Crippen LogP contribution < -0.4 is 19.3 Å². The molecule has 0 spiro atoms. The molecule has 0 radical (unpaired) electrons. The molecule has 4 aromatic rings. The van der Waals surface area contributed by atoms with Gasteiger partial charge in [-0.05, 0) is 85.8 Å². The van der Waals surface area contributed by atoms with Crippen LogP contribution in [0.1, 0.15) is 112 Å². The Bertz CT molecular complexity index is 1780. The van der Waals surface area contributed by atoms with Crippen molar-refractivity contribution in [3.05, 3.63) is 83.6 Å². The van der Waals surface area contributed by atoms with Gasteiger partial charge in [-0.25, -0.2) is 19.6 Å². The number of nitrogens with zero attached hydrogens (tertiary/aromatic N) is 6. The second kappa shape index (κ2) is 18.3. The molecule has 278 valence electrons. The summed E-state index contributed by atoms with van der Waals surface area (Å²) >= 11 is 0. The van der Waals surface area contributed by atoms with E-state index in [4.69, 9.17) is 9.47 Å². The van der Waals surface area contributed by atoms with Crippen LogP contribution in [0.3, 0.4) is 0 Å². The largest absolute Gasteiger partial charge is 0.493 e. The van der Waals surface area contributed by atoms with Crippen LogP contribution in [0.5, 0.6) is 11.5 Å². The predicted molar refractivity (Wildman–Crippen MR) is 203 cm³/mol. The van der Waals surface area contributed by atoms with Gasteiger partial charge in [0.05, 0.1) is 31.3 Å². The van der Waals surface area contributed by atoms with Crippen molar-refractivity contribution in [3.8, 4) is 11.5 Å². The molecule has 0 bridgehead atoms. The maximum atomic E-state index is 11.3. The Hall–Kier alpha value is -5.26. The molecule has 0 aliphatic heterocycles. The normalized spacial score (nSPS) is 12.4. The molecular formula is C40H52N6O6. The third-order valence-corrected chi connectivity index (χ3v) is 8.88. The van der Waals surface area contributed by atoms with E-state index in [9.17, 15) is 19.8 Å². The van der Waals surface area contributed by atoms with Gasteiger partial charge in [0.25, 0.3) is 0 Å². The van der Waals surface area contributed by atoms with Crippen molar-refractivity contribution in [1.82, 2.24) is 20.2 Å². The maximum Gasteiger partial charge on any atom is 0.373 e. The molecule has 12 heteroatoms. The molecule has 0 aliphatic carbocycles. The van der Waals surface area contributed by atoms with Gasteiger partial charge < -0.3 is 29.5 Å². The van der Waals surface area contributed by atoms with Crippen LogP contribution >= 0.6 is 0 Å². The summed E-state index contributed by atoms with van der Waals surface area (Å²) in [5, 5.41) is 26.5. The van der Waals surface area contributed by atoms with E-state index in [2.05, 4.69) is 79.9 Å². The minimum absolute atomic E-state index is 0.0980. The molecule has 2 aromatic carbocycles. The molecule has 2 unspecified atom stereocenters. The lowest BCUT2D eigenvalue weighted by Gasteiger charge is -2.26. The number of hydrogen-bond acceptors (Lipinski definition) is 10. The second-order valence-corrected chi connectivity index (χ2v) is 13.8. The molecular weight excluding hydrogens is 660 g/mol. The summed E-state index contributed by atoms with van der Waals surface area (Å²) in [7, 11) is 0. The lowest BCUT2D eigenvalue weighted by atomic mass is 9.91. The highest BCUT2D eigenvalue weighted by Gasteiger charge is 2.20. The first-order valence-electron chi connectivity index (χ1n) is 18.0. The summed E-state index contributed by atoms with van der Waals surface area (Å²) in [4.78, 5) is 34.5. The van der Waals surface area contributed by atoms with Crippen LogP contribution in [0.15, 0.2) is 60.9 Å². The van der Waals surface area contributed by atoms with E-state index < -0.39 is 11.9 Å². The number of anilines is 4. The van der Waals surface area contributed by atoms with Gasteiger partial charge >= 0.3 is 11.9 Å². The zero-order chi connectivity index (χ0) is 37.9. The smallest absolute Gasteiger partial charge is 0.373 e. The van der Waals surface area contributed by atoms with Gasteiger partial charge in [-0.15, -0.1) is 10.2 Å². The number of rotatable bonds is 19. The van der Waals surface area contributed by atoms with Crippen LogP contribution in [0, 0.1) is 11.8 Å². The number of carbonyl (C=O) groups is 2. The lowest BCUT2D eigenvalue weighted by molar-refractivity contribution is 0.0675. The zero-order valence-corrected chi connectivity index (χ0v) is 31.5. The molecule has 0 saturated carbocycles. The third-order valence-electron chi connectivity index (χ3n) is 8.88. The van der Waals surface area contributed by atoms with Gasteiger partial charge in [-0.1, -0.05) is 53.7 Å². The third kappa shape index (κ3) is 10.2. The van der Waals surface area contributed by atoms with Gasteiger partial charge in [0.2, 0.25) is 5.82 Å². The first kappa shape index (κ1) is 39.5. The SMILES string of the molecule is CCN(c1cnc(C(=O)O)nc1)c1ccc(C(C)C)c(OCC(C)CCC(C)c2ccc(N(CC)c3ccc(C(=O)O)nn3)cc2OCC(C)C)c1. The van der Waals surface area contributed by atoms with E-state index in [1.54, 1.807) is 6.07 Å². The molecule has 0 saturated heterocycles. The quantitative estimate of drug-likeness (QED) is 0.0956. The fourth-order valence-corrected chi connectivity index (χ4v) is 5.92. The van der Waals surface area contributed by atoms with E-state index in [1.165, 1.54) is 18.5 Å². The molecule has 2 N–H and O–H groups in total.